The molecule has 0 heterocycles. The third-order valence-corrected chi connectivity index (χ3v) is 6.48. The Kier molecular flexibility index (Phi) is 8.45. The molecule has 0 aliphatic carbocycles. The summed E-state index contributed by atoms with van der Waals surface area (Å²) in [4.78, 5) is 24.5. The first-order valence-corrected chi connectivity index (χ1v) is 12.2. The SMILES string of the molecule is COc1ccc(S(=O)(=O)NC(Cc2ccccc2)C(=O)Nc2cccc(NC(C)=O)c2)cc1OC. The number of sulfonamides is 1. The molecule has 9 nitrogen and oxygen atoms in total. The summed E-state index contributed by atoms with van der Waals surface area (Å²) in [5.74, 6) is -0.186. The summed E-state index contributed by atoms with van der Waals surface area (Å²) in [7, 11) is -1.25. The highest BCUT2D eigenvalue weighted by Crippen LogP contribution is 2.29. The molecular weight excluding hydrogens is 470 g/mol. The third kappa shape index (κ3) is 7.05. The Hall–Kier alpha value is -3.89. The summed E-state index contributed by atoms with van der Waals surface area (Å²) < 4.78 is 39.3. The highest BCUT2D eigenvalue weighted by molar-refractivity contribution is 7.89. The van der Waals surface area contributed by atoms with Gasteiger partial charge in [0.15, 0.2) is 11.5 Å². The number of carbonyl (C=O) groups is 2. The molecule has 3 aromatic carbocycles. The van der Waals surface area contributed by atoms with Crippen LogP contribution >= 0.6 is 0 Å². The molecule has 0 fully saturated rings. The first-order valence-electron chi connectivity index (χ1n) is 10.7. The van der Waals surface area contributed by atoms with E-state index in [0.717, 1.165) is 5.56 Å². The third-order valence-electron chi connectivity index (χ3n) is 5.01. The van der Waals surface area contributed by atoms with Crippen LogP contribution in [-0.2, 0) is 26.0 Å². The Morgan fingerprint density at radius 3 is 2.11 bits per heavy atom. The van der Waals surface area contributed by atoms with Crippen LogP contribution in [0.5, 0.6) is 11.5 Å². The number of hydrogen-bond donors (Lipinski definition) is 3. The first kappa shape index (κ1) is 25.7. The summed E-state index contributed by atoms with van der Waals surface area (Å²) in [6.07, 6.45) is 0.116. The van der Waals surface area contributed by atoms with E-state index in [9.17, 15) is 18.0 Å². The summed E-state index contributed by atoms with van der Waals surface area (Å²) in [6.45, 7) is 1.38. The maximum atomic E-state index is 13.2. The molecule has 10 heteroatoms. The Morgan fingerprint density at radius 1 is 0.829 bits per heavy atom. The van der Waals surface area contributed by atoms with Gasteiger partial charge in [0.25, 0.3) is 0 Å². The highest BCUT2D eigenvalue weighted by Gasteiger charge is 2.27. The van der Waals surface area contributed by atoms with Crippen molar-refractivity contribution < 1.29 is 27.5 Å². The molecule has 0 bridgehead atoms. The van der Waals surface area contributed by atoms with Gasteiger partial charge < -0.3 is 20.1 Å². The average molecular weight is 498 g/mol. The molecule has 1 atom stereocenters. The number of anilines is 2. The van der Waals surface area contributed by atoms with Crippen molar-refractivity contribution in [1.82, 2.24) is 4.72 Å². The molecule has 0 saturated carbocycles. The van der Waals surface area contributed by atoms with Crippen molar-refractivity contribution in [3.8, 4) is 11.5 Å². The van der Waals surface area contributed by atoms with Gasteiger partial charge in [-0.1, -0.05) is 36.4 Å². The molecule has 184 valence electrons. The zero-order valence-corrected chi connectivity index (χ0v) is 20.4. The van der Waals surface area contributed by atoms with E-state index in [0.29, 0.717) is 17.1 Å². The van der Waals surface area contributed by atoms with Crippen LogP contribution in [0, 0.1) is 0 Å². The lowest BCUT2D eigenvalue weighted by Crippen LogP contribution is -2.45. The zero-order chi connectivity index (χ0) is 25.4. The van der Waals surface area contributed by atoms with Gasteiger partial charge in [0.1, 0.15) is 6.04 Å². The number of ether oxygens (including phenoxy) is 2. The van der Waals surface area contributed by atoms with Crippen molar-refractivity contribution in [3.63, 3.8) is 0 Å². The van der Waals surface area contributed by atoms with E-state index in [1.54, 1.807) is 24.3 Å². The monoisotopic (exact) mass is 497 g/mol. The number of nitrogens with one attached hydrogen (secondary N) is 3. The van der Waals surface area contributed by atoms with E-state index < -0.39 is 22.0 Å². The average Bonchev–Trinajstić information content (AvgIpc) is 2.83. The Labute approximate surface area is 204 Å². The molecule has 35 heavy (non-hydrogen) atoms. The largest absolute Gasteiger partial charge is 0.493 e. The van der Waals surface area contributed by atoms with Crippen molar-refractivity contribution in [2.24, 2.45) is 0 Å². The van der Waals surface area contributed by atoms with Gasteiger partial charge >= 0.3 is 0 Å². The van der Waals surface area contributed by atoms with Crippen LogP contribution in [-0.4, -0.2) is 40.5 Å². The predicted octanol–water partition coefficient (Wildman–Crippen LogP) is 3.19. The molecular formula is C25H27N3O6S. The molecule has 0 spiro atoms. The molecule has 0 aliphatic rings. The summed E-state index contributed by atoms with van der Waals surface area (Å²) in [6, 6.07) is 18.7. The van der Waals surface area contributed by atoms with Crippen LogP contribution in [0.25, 0.3) is 0 Å². The second-order valence-electron chi connectivity index (χ2n) is 7.63. The van der Waals surface area contributed by atoms with E-state index in [2.05, 4.69) is 15.4 Å². The molecule has 1 unspecified atom stereocenters. The molecule has 0 aliphatic heterocycles. The topological polar surface area (TPSA) is 123 Å². The molecule has 3 N–H and O–H groups in total. The summed E-state index contributed by atoms with van der Waals surface area (Å²) in [5.41, 5.74) is 1.68. The van der Waals surface area contributed by atoms with Gasteiger partial charge in [-0.3, -0.25) is 9.59 Å². The van der Waals surface area contributed by atoms with Crippen LogP contribution in [0.1, 0.15) is 12.5 Å². The van der Waals surface area contributed by atoms with Gasteiger partial charge in [0, 0.05) is 24.4 Å². The minimum absolute atomic E-state index is 0.0753. The van der Waals surface area contributed by atoms with Gasteiger partial charge in [0.05, 0.1) is 19.1 Å². The molecule has 0 aromatic heterocycles. The van der Waals surface area contributed by atoms with Crippen LogP contribution in [0.4, 0.5) is 11.4 Å². The van der Waals surface area contributed by atoms with E-state index in [-0.39, 0.29) is 23.0 Å². The fourth-order valence-corrected chi connectivity index (χ4v) is 4.59. The Morgan fingerprint density at radius 2 is 1.49 bits per heavy atom. The lowest BCUT2D eigenvalue weighted by Gasteiger charge is -2.19. The number of methoxy groups -OCH3 is 2. The lowest BCUT2D eigenvalue weighted by molar-refractivity contribution is -0.117. The van der Waals surface area contributed by atoms with Crippen molar-refractivity contribution in [2.75, 3.05) is 24.9 Å². The van der Waals surface area contributed by atoms with Gasteiger partial charge in [0.2, 0.25) is 21.8 Å². The minimum Gasteiger partial charge on any atom is -0.493 e. The second kappa shape index (κ2) is 11.5. The number of carbonyl (C=O) groups excluding carboxylic acids is 2. The van der Waals surface area contributed by atoms with Crippen molar-refractivity contribution in [3.05, 3.63) is 78.4 Å². The fourth-order valence-electron chi connectivity index (χ4n) is 3.38. The van der Waals surface area contributed by atoms with E-state index in [4.69, 9.17) is 9.47 Å². The Balaban J connectivity index is 1.88. The molecule has 3 rings (SSSR count). The van der Waals surface area contributed by atoms with Gasteiger partial charge in [-0.05, 0) is 42.3 Å². The van der Waals surface area contributed by atoms with Gasteiger partial charge in [-0.25, -0.2) is 8.42 Å². The van der Waals surface area contributed by atoms with Crippen molar-refractivity contribution in [1.29, 1.82) is 0 Å². The minimum atomic E-state index is -4.10. The maximum Gasteiger partial charge on any atom is 0.242 e. The highest BCUT2D eigenvalue weighted by atomic mass is 32.2. The second-order valence-corrected chi connectivity index (χ2v) is 9.35. The number of amides is 2. The standard InChI is InChI=1S/C25H27N3O6S/c1-17(29)26-19-10-7-11-20(15-19)27-25(30)22(14-18-8-5-4-6-9-18)28-35(31,32)21-12-13-23(33-2)24(16-21)34-3/h4-13,15-16,22,28H,14H2,1-3H3,(H,26,29)(H,27,30). The predicted molar refractivity (Wildman–Crippen MR) is 133 cm³/mol. The Bertz CT molecular complexity index is 1300. The first-order chi connectivity index (χ1) is 16.7. The number of rotatable bonds is 10. The molecule has 3 aromatic rings. The van der Waals surface area contributed by atoms with Crippen molar-refractivity contribution >= 4 is 33.2 Å². The van der Waals surface area contributed by atoms with Crippen LogP contribution < -0.4 is 24.8 Å². The normalized spacial score (nSPS) is 11.9. The van der Waals surface area contributed by atoms with Gasteiger partial charge in [-0.2, -0.15) is 4.72 Å². The van der Waals surface area contributed by atoms with E-state index in [1.807, 2.05) is 30.3 Å². The van der Waals surface area contributed by atoms with Gasteiger partial charge in [-0.15, -0.1) is 0 Å². The van der Waals surface area contributed by atoms with E-state index >= 15 is 0 Å². The number of hydrogen-bond acceptors (Lipinski definition) is 6. The summed E-state index contributed by atoms with van der Waals surface area (Å²) >= 11 is 0. The molecule has 2 amide bonds. The van der Waals surface area contributed by atoms with Crippen LogP contribution in [0.2, 0.25) is 0 Å². The van der Waals surface area contributed by atoms with E-state index in [1.165, 1.54) is 39.3 Å². The fraction of sp³-hybridized carbons (Fsp3) is 0.200. The lowest BCUT2D eigenvalue weighted by atomic mass is 10.1. The van der Waals surface area contributed by atoms with Crippen LogP contribution in [0.15, 0.2) is 77.7 Å². The molecule has 0 radical (unpaired) electrons. The quantitative estimate of drug-likeness (QED) is 0.395. The van der Waals surface area contributed by atoms with Crippen LogP contribution in [0.3, 0.4) is 0 Å². The zero-order valence-electron chi connectivity index (χ0n) is 19.6. The van der Waals surface area contributed by atoms with Crippen molar-refractivity contribution in [2.45, 2.75) is 24.3 Å². The smallest absolute Gasteiger partial charge is 0.242 e. The molecule has 0 saturated heterocycles. The summed E-state index contributed by atoms with van der Waals surface area (Å²) in [5, 5.41) is 5.37. The maximum absolute atomic E-state index is 13.2. The number of benzene rings is 3.